The van der Waals surface area contributed by atoms with E-state index in [4.69, 9.17) is 5.73 Å². The molecule has 0 bridgehead atoms. The molecule has 1 aliphatic rings. The van der Waals surface area contributed by atoms with Gasteiger partial charge in [0.05, 0.1) is 5.37 Å². The van der Waals surface area contributed by atoms with Crippen molar-refractivity contribution >= 4 is 29.9 Å². The Kier molecular flexibility index (Phi) is 6.58. The monoisotopic (exact) mass is 335 g/mol. The zero-order valence-electron chi connectivity index (χ0n) is 12.4. The van der Waals surface area contributed by atoms with E-state index in [-0.39, 0.29) is 12.4 Å². The molecule has 1 saturated heterocycles. The van der Waals surface area contributed by atoms with Crippen molar-refractivity contribution in [1.29, 1.82) is 0 Å². The van der Waals surface area contributed by atoms with Gasteiger partial charge < -0.3 is 16.0 Å². The third kappa shape index (κ3) is 4.17. The molecular formula is C17H22ClN3S. The van der Waals surface area contributed by atoms with Crippen molar-refractivity contribution in [3.8, 4) is 0 Å². The zero-order valence-corrected chi connectivity index (χ0v) is 14.1. The summed E-state index contributed by atoms with van der Waals surface area (Å²) in [4.78, 5) is 3.78. The van der Waals surface area contributed by atoms with Crippen LogP contribution in [0.2, 0.25) is 0 Å². The summed E-state index contributed by atoms with van der Waals surface area (Å²) in [5.41, 5.74) is 8.14. The number of nitrogens with zero attached hydrogens (tertiary/aromatic N) is 1. The summed E-state index contributed by atoms with van der Waals surface area (Å²) >= 11 is 1.91. The largest absolute Gasteiger partial charge is 0.357 e. The van der Waals surface area contributed by atoms with Crippen LogP contribution in [0.3, 0.4) is 0 Å². The molecule has 3 rings (SSSR count). The molecule has 5 heteroatoms. The van der Waals surface area contributed by atoms with Crippen molar-refractivity contribution in [1.82, 2.24) is 5.32 Å². The molecule has 1 atom stereocenters. The quantitative estimate of drug-likeness (QED) is 0.901. The fourth-order valence-corrected chi connectivity index (χ4v) is 3.72. The van der Waals surface area contributed by atoms with Crippen LogP contribution in [-0.2, 0) is 6.54 Å². The normalized spacial score (nSPS) is 17.9. The van der Waals surface area contributed by atoms with E-state index in [1.54, 1.807) is 0 Å². The third-order valence-electron chi connectivity index (χ3n) is 3.72. The average molecular weight is 336 g/mol. The Morgan fingerprint density at radius 3 is 2.50 bits per heavy atom. The molecule has 0 saturated carbocycles. The molecule has 0 aliphatic carbocycles. The zero-order chi connectivity index (χ0) is 14.5. The number of rotatable bonds is 4. The third-order valence-corrected chi connectivity index (χ3v) is 4.95. The highest BCUT2D eigenvalue weighted by Gasteiger charge is 2.23. The summed E-state index contributed by atoms with van der Waals surface area (Å²) in [5.74, 6) is 0. The van der Waals surface area contributed by atoms with Gasteiger partial charge in [-0.05, 0) is 29.8 Å². The maximum Gasteiger partial charge on any atom is 0.0921 e. The highest BCUT2D eigenvalue weighted by molar-refractivity contribution is 8.00. The van der Waals surface area contributed by atoms with E-state index in [2.05, 4.69) is 64.8 Å². The molecule has 2 aromatic rings. The van der Waals surface area contributed by atoms with Crippen LogP contribution in [0.1, 0.15) is 5.56 Å². The van der Waals surface area contributed by atoms with Crippen LogP contribution < -0.4 is 16.0 Å². The van der Waals surface area contributed by atoms with E-state index < -0.39 is 0 Å². The fourth-order valence-electron chi connectivity index (χ4n) is 2.56. The second-order valence-electron chi connectivity index (χ2n) is 5.15. The Morgan fingerprint density at radius 2 is 1.82 bits per heavy atom. The lowest BCUT2D eigenvalue weighted by Crippen LogP contribution is -2.49. The smallest absolute Gasteiger partial charge is 0.0921 e. The van der Waals surface area contributed by atoms with Crippen molar-refractivity contribution in [3.05, 3.63) is 60.2 Å². The first-order chi connectivity index (χ1) is 10.4. The summed E-state index contributed by atoms with van der Waals surface area (Å²) in [7, 11) is 0. The second kappa shape index (κ2) is 8.44. The number of thioether (sulfide) groups is 1. The SMILES string of the molecule is Cl.NCc1ccc(SC2CNCCN2c2ccccc2)cc1. The number of nitrogens with two attached hydrogens (primary N) is 1. The van der Waals surface area contributed by atoms with Crippen molar-refractivity contribution < 1.29 is 0 Å². The summed E-state index contributed by atoms with van der Waals surface area (Å²) in [5, 5.41) is 3.92. The number of hydrogen-bond acceptors (Lipinski definition) is 4. The van der Waals surface area contributed by atoms with Crippen LogP contribution in [0.5, 0.6) is 0 Å². The van der Waals surface area contributed by atoms with E-state index in [1.165, 1.54) is 16.1 Å². The predicted octanol–water partition coefficient (Wildman–Crippen LogP) is 3.10. The highest BCUT2D eigenvalue weighted by Crippen LogP contribution is 2.30. The van der Waals surface area contributed by atoms with Gasteiger partial charge in [0, 0.05) is 36.8 Å². The number of para-hydroxylation sites is 1. The molecule has 1 fully saturated rings. The number of halogens is 1. The number of anilines is 1. The molecule has 0 spiro atoms. The molecule has 1 unspecified atom stereocenters. The summed E-state index contributed by atoms with van der Waals surface area (Å²) in [6, 6.07) is 19.2. The van der Waals surface area contributed by atoms with Gasteiger partial charge >= 0.3 is 0 Å². The van der Waals surface area contributed by atoms with Crippen LogP contribution in [0.4, 0.5) is 5.69 Å². The molecule has 22 heavy (non-hydrogen) atoms. The van der Waals surface area contributed by atoms with E-state index in [9.17, 15) is 0 Å². The van der Waals surface area contributed by atoms with Gasteiger partial charge in [0.15, 0.2) is 0 Å². The molecule has 0 radical (unpaired) electrons. The van der Waals surface area contributed by atoms with E-state index >= 15 is 0 Å². The minimum Gasteiger partial charge on any atom is -0.357 e. The van der Waals surface area contributed by atoms with Crippen LogP contribution in [0.15, 0.2) is 59.5 Å². The maximum atomic E-state index is 5.66. The maximum absolute atomic E-state index is 5.66. The summed E-state index contributed by atoms with van der Waals surface area (Å²) in [6.07, 6.45) is 0. The van der Waals surface area contributed by atoms with Gasteiger partial charge in [0.1, 0.15) is 0 Å². The van der Waals surface area contributed by atoms with Crippen LogP contribution in [0, 0.1) is 0 Å². The lowest BCUT2D eigenvalue weighted by Gasteiger charge is -2.37. The standard InChI is InChI=1S/C17H21N3S.ClH/c18-12-14-6-8-16(9-7-14)21-17-13-19-10-11-20(17)15-4-2-1-3-5-15;/h1-9,17,19H,10-13,18H2;1H. The Morgan fingerprint density at radius 1 is 1.09 bits per heavy atom. The summed E-state index contributed by atoms with van der Waals surface area (Å²) in [6.45, 7) is 3.69. The molecule has 0 aromatic heterocycles. The first kappa shape index (κ1) is 17.2. The van der Waals surface area contributed by atoms with Gasteiger partial charge in [-0.25, -0.2) is 0 Å². The molecule has 3 N–H and O–H groups in total. The second-order valence-corrected chi connectivity index (χ2v) is 6.40. The number of hydrogen-bond donors (Lipinski definition) is 2. The van der Waals surface area contributed by atoms with Crippen molar-refractivity contribution in [3.63, 3.8) is 0 Å². The first-order valence-electron chi connectivity index (χ1n) is 7.35. The molecule has 1 heterocycles. The Bertz CT molecular complexity index is 562. The van der Waals surface area contributed by atoms with Gasteiger partial charge in [0.25, 0.3) is 0 Å². The van der Waals surface area contributed by atoms with Crippen LogP contribution >= 0.6 is 24.2 Å². The fraction of sp³-hybridized carbons (Fsp3) is 0.294. The molecular weight excluding hydrogens is 314 g/mol. The van der Waals surface area contributed by atoms with Crippen LogP contribution in [0.25, 0.3) is 0 Å². The minimum atomic E-state index is 0. The predicted molar refractivity (Wildman–Crippen MR) is 97.9 cm³/mol. The van der Waals surface area contributed by atoms with Crippen molar-refractivity contribution in [2.24, 2.45) is 5.73 Å². The Hall–Kier alpha value is -1.20. The van der Waals surface area contributed by atoms with Gasteiger partial charge in [-0.3, -0.25) is 0 Å². The lowest BCUT2D eigenvalue weighted by atomic mass is 10.2. The van der Waals surface area contributed by atoms with Crippen LogP contribution in [-0.4, -0.2) is 25.0 Å². The number of nitrogens with one attached hydrogen (secondary N) is 1. The topological polar surface area (TPSA) is 41.3 Å². The highest BCUT2D eigenvalue weighted by atomic mass is 35.5. The Balaban J connectivity index is 0.00000176. The molecule has 2 aromatic carbocycles. The molecule has 118 valence electrons. The minimum absolute atomic E-state index is 0. The number of benzene rings is 2. The van der Waals surface area contributed by atoms with Gasteiger partial charge in [-0.2, -0.15) is 0 Å². The summed E-state index contributed by atoms with van der Waals surface area (Å²) < 4.78 is 0. The van der Waals surface area contributed by atoms with Gasteiger partial charge in [-0.15, -0.1) is 12.4 Å². The van der Waals surface area contributed by atoms with E-state index in [0.717, 1.165) is 19.6 Å². The molecule has 1 aliphatic heterocycles. The number of piperazine rings is 1. The van der Waals surface area contributed by atoms with Gasteiger partial charge in [-0.1, -0.05) is 42.1 Å². The first-order valence-corrected chi connectivity index (χ1v) is 8.23. The van der Waals surface area contributed by atoms with Crippen molar-refractivity contribution in [2.45, 2.75) is 16.8 Å². The molecule has 3 nitrogen and oxygen atoms in total. The van der Waals surface area contributed by atoms with Crippen molar-refractivity contribution in [2.75, 3.05) is 24.5 Å². The lowest BCUT2D eigenvalue weighted by molar-refractivity contribution is 0.564. The average Bonchev–Trinajstić information content (AvgIpc) is 2.57. The Labute approximate surface area is 142 Å². The van der Waals surface area contributed by atoms with E-state index in [0.29, 0.717) is 11.9 Å². The van der Waals surface area contributed by atoms with Gasteiger partial charge in [0.2, 0.25) is 0 Å². The molecule has 0 amide bonds. The van der Waals surface area contributed by atoms with E-state index in [1.807, 2.05) is 11.8 Å².